The fourth-order valence-corrected chi connectivity index (χ4v) is 4.70. The molecule has 2 heterocycles. The van der Waals surface area contributed by atoms with Gasteiger partial charge in [-0.25, -0.2) is 9.97 Å². The zero-order chi connectivity index (χ0) is 24.0. The van der Waals surface area contributed by atoms with Gasteiger partial charge < -0.3 is 5.32 Å². The van der Waals surface area contributed by atoms with E-state index in [-0.39, 0.29) is 17.4 Å². The molecular weight excluding hydrogens is 448 g/mol. The lowest BCUT2D eigenvalue weighted by Gasteiger charge is -2.24. The molecule has 34 heavy (non-hydrogen) atoms. The Kier molecular flexibility index (Phi) is 5.54. The number of benzene rings is 2. The van der Waals surface area contributed by atoms with Crippen LogP contribution < -0.4 is 10.9 Å². The highest BCUT2D eigenvalue weighted by Gasteiger charge is 2.26. The minimum atomic E-state index is -0.353. The molecule has 0 radical (unpaired) electrons. The quantitative estimate of drug-likeness (QED) is 0.420. The number of pyridine rings is 1. The Morgan fingerprint density at radius 2 is 1.79 bits per heavy atom. The van der Waals surface area contributed by atoms with Crippen molar-refractivity contribution in [2.24, 2.45) is 0 Å². The van der Waals surface area contributed by atoms with Gasteiger partial charge in [0.25, 0.3) is 5.56 Å². The number of Topliss-reactive ketones (excluding diaryl/α,β-unsaturated/α-hetero) is 1. The van der Waals surface area contributed by atoms with E-state index in [1.807, 2.05) is 68.5 Å². The summed E-state index contributed by atoms with van der Waals surface area (Å²) in [5, 5.41) is 5.03. The highest BCUT2D eigenvalue weighted by molar-refractivity contribution is 6.35. The number of anilines is 1. The largest absolute Gasteiger partial charge is 0.361 e. The van der Waals surface area contributed by atoms with Crippen molar-refractivity contribution < 1.29 is 4.79 Å². The number of rotatable bonds is 4. The minimum absolute atomic E-state index is 0.0818. The maximum Gasteiger partial charge on any atom is 0.264 e. The smallest absolute Gasteiger partial charge is 0.264 e. The molecular formula is C27H23ClN4O2. The van der Waals surface area contributed by atoms with Gasteiger partial charge >= 0.3 is 0 Å². The van der Waals surface area contributed by atoms with Crippen molar-refractivity contribution in [3.8, 4) is 5.69 Å². The zero-order valence-electron chi connectivity index (χ0n) is 19.1. The Morgan fingerprint density at radius 1 is 1.03 bits per heavy atom. The molecule has 7 heteroatoms. The Hall–Kier alpha value is -3.77. The van der Waals surface area contributed by atoms with Crippen molar-refractivity contribution in [1.82, 2.24) is 14.5 Å². The van der Waals surface area contributed by atoms with E-state index in [9.17, 15) is 9.59 Å². The maximum atomic E-state index is 13.7. The number of fused-ring (bicyclic) bond motifs is 2. The summed E-state index contributed by atoms with van der Waals surface area (Å²) in [6, 6.07) is 16.5. The molecule has 0 bridgehead atoms. The first-order chi connectivity index (χ1) is 16.3. The summed E-state index contributed by atoms with van der Waals surface area (Å²) < 4.78 is 1.67. The summed E-state index contributed by atoms with van der Waals surface area (Å²) in [7, 11) is 0. The second-order valence-corrected chi connectivity index (χ2v) is 8.88. The third-order valence-electron chi connectivity index (χ3n) is 6.12. The molecule has 0 fully saturated rings. The van der Waals surface area contributed by atoms with Crippen LogP contribution in [-0.2, 0) is 6.42 Å². The van der Waals surface area contributed by atoms with Crippen molar-refractivity contribution in [2.75, 3.05) is 5.32 Å². The van der Waals surface area contributed by atoms with Crippen LogP contribution in [0.3, 0.4) is 0 Å². The molecule has 0 spiro atoms. The molecule has 0 amide bonds. The summed E-state index contributed by atoms with van der Waals surface area (Å²) in [6.07, 6.45) is 2.48. The van der Waals surface area contributed by atoms with E-state index in [1.165, 1.54) is 0 Å². The van der Waals surface area contributed by atoms with Crippen LogP contribution >= 0.6 is 11.6 Å². The number of para-hydroxylation sites is 1. The fraction of sp³-hybridized carbons (Fsp3) is 0.185. The predicted octanol–water partition coefficient (Wildman–Crippen LogP) is 5.60. The first kappa shape index (κ1) is 22.0. The van der Waals surface area contributed by atoms with Crippen LogP contribution in [0, 0.1) is 6.92 Å². The van der Waals surface area contributed by atoms with Gasteiger partial charge in [-0.2, -0.15) is 0 Å². The number of carbonyl (C=O) groups is 1. The topological polar surface area (TPSA) is 76.9 Å². The third-order valence-corrected chi connectivity index (χ3v) is 6.43. The van der Waals surface area contributed by atoms with Crippen LogP contribution in [-0.4, -0.2) is 20.3 Å². The number of nitrogens with zero attached hydrogens (tertiary/aromatic N) is 3. The summed E-state index contributed by atoms with van der Waals surface area (Å²) in [5.74, 6) is 0.979. The molecule has 1 N–H and O–H groups in total. The first-order valence-electron chi connectivity index (χ1n) is 11.1. The van der Waals surface area contributed by atoms with Crippen LogP contribution in [0.4, 0.5) is 5.82 Å². The monoisotopic (exact) mass is 470 g/mol. The Bertz CT molecular complexity index is 1540. The lowest BCUT2D eigenvalue weighted by Crippen LogP contribution is -2.27. The van der Waals surface area contributed by atoms with Gasteiger partial charge in [-0.05, 0) is 56.0 Å². The number of allylic oxidation sites excluding steroid dienone is 2. The van der Waals surface area contributed by atoms with Gasteiger partial charge in [0.05, 0.1) is 27.7 Å². The number of hydrogen-bond acceptors (Lipinski definition) is 5. The van der Waals surface area contributed by atoms with Crippen molar-refractivity contribution in [3.63, 3.8) is 0 Å². The number of hydrogen-bond donors (Lipinski definition) is 1. The highest BCUT2D eigenvalue weighted by atomic mass is 35.5. The van der Waals surface area contributed by atoms with E-state index >= 15 is 0 Å². The van der Waals surface area contributed by atoms with Crippen molar-refractivity contribution in [3.05, 3.63) is 104 Å². The fourth-order valence-electron chi connectivity index (χ4n) is 4.44. The van der Waals surface area contributed by atoms with Gasteiger partial charge in [0.1, 0.15) is 11.6 Å². The standard InChI is InChI=1S/C27H23ClN4O2/c1-15-12-13-21-24(25(15)33)26(31-17(3)30-21)29-16(2)22-14-18-8-7-11-20(28)23(18)27(34)32(22)19-9-5-4-6-10-19/h4-12,14,16H,13H2,1-3H3,(H,29,30,31). The van der Waals surface area contributed by atoms with Crippen LogP contribution in [0.1, 0.15) is 47.5 Å². The lowest BCUT2D eigenvalue weighted by molar-refractivity contribution is 0.103. The Morgan fingerprint density at radius 3 is 2.56 bits per heavy atom. The number of halogens is 1. The third kappa shape index (κ3) is 3.70. The molecule has 4 aromatic rings. The van der Waals surface area contributed by atoms with Gasteiger partial charge in [-0.15, -0.1) is 0 Å². The second-order valence-electron chi connectivity index (χ2n) is 8.48. The van der Waals surface area contributed by atoms with Crippen molar-refractivity contribution in [2.45, 2.75) is 33.2 Å². The van der Waals surface area contributed by atoms with Gasteiger partial charge in [-0.3, -0.25) is 14.2 Å². The van der Waals surface area contributed by atoms with Crippen LogP contribution in [0.15, 0.2) is 71.0 Å². The molecule has 2 aromatic heterocycles. The molecule has 1 atom stereocenters. The summed E-state index contributed by atoms with van der Waals surface area (Å²) >= 11 is 6.42. The first-order valence-corrected chi connectivity index (χ1v) is 11.5. The second kappa shape index (κ2) is 8.54. The van der Waals surface area contributed by atoms with Gasteiger partial charge in [0.15, 0.2) is 5.78 Å². The normalized spacial score (nSPS) is 14.0. The summed E-state index contributed by atoms with van der Waals surface area (Å²) in [5.41, 5.74) is 3.14. The van der Waals surface area contributed by atoms with Gasteiger partial charge in [0.2, 0.25) is 0 Å². The summed E-state index contributed by atoms with van der Waals surface area (Å²) in [4.78, 5) is 35.7. The summed E-state index contributed by atoms with van der Waals surface area (Å²) in [6.45, 7) is 5.56. The molecule has 5 rings (SSSR count). The molecule has 6 nitrogen and oxygen atoms in total. The number of aromatic nitrogens is 3. The van der Waals surface area contributed by atoms with Gasteiger partial charge in [0, 0.05) is 17.8 Å². The number of aryl methyl sites for hydroxylation is 1. The molecule has 170 valence electrons. The molecule has 0 saturated heterocycles. The number of carbonyl (C=O) groups excluding carboxylic acids is 1. The van der Waals surface area contributed by atoms with Crippen LogP contribution in [0.25, 0.3) is 16.5 Å². The van der Waals surface area contributed by atoms with Gasteiger partial charge in [-0.1, -0.05) is 48.0 Å². The van der Waals surface area contributed by atoms with E-state index in [4.69, 9.17) is 11.6 Å². The SMILES string of the molecule is CC1=CCc2nc(C)nc(NC(C)c3cc4cccc(Cl)c4c(=O)n3-c3ccccc3)c2C1=O. The predicted molar refractivity (Wildman–Crippen MR) is 135 cm³/mol. The van der Waals surface area contributed by atoms with E-state index in [0.717, 1.165) is 16.8 Å². The van der Waals surface area contributed by atoms with E-state index in [2.05, 4.69) is 15.3 Å². The zero-order valence-corrected chi connectivity index (χ0v) is 19.8. The molecule has 2 aromatic carbocycles. The molecule has 0 saturated carbocycles. The van der Waals surface area contributed by atoms with E-state index in [0.29, 0.717) is 45.3 Å². The maximum absolute atomic E-state index is 13.7. The number of nitrogens with one attached hydrogen (secondary N) is 1. The molecule has 1 aliphatic carbocycles. The van der Waals surface area contributed by atoms with E-state index < -0.39 is 0 Å². The van der Waals surface area contributed by atoms with E-state index in [1.54, 1.807) is 17.6 Å². The van der Waals surface area contributed by atoms with Crippen molar-refractivity contribution in [1.29, 1.82) is 0 Å². The highest BCUT2D eigenvalue weighted by Crippen LogP contribution is 2.30. The van der Waals surface area contributed by atoms with Crippen LogP contribution in [0.2, 0.25) is 5.02 Å². The Labute approximate surface area is 201 Å². The van der Waals surface area contributed by atoms with Crippen molar-refractivity contribution >= 4 is 34.0 Å². The molecule has 1 unspecified atom stereocenters. The minimum Gasteiger partial charge on any atom is -0.361 e. The average Bonchev–Trinajstić information content (AvgIpc) is 2.81. The average molecular weight is 471 g/mol. The molecule has 1 aliphatic rings. The molecule has 0 aliphatic heterocycles. The van der Waals surface area contributed by atoms with Crippen LogP contribution in [0.5, 0.6) is 0 Å². The lowest BCUT2D eigenvalue weighted by atomic mass is 9.95. The number of ketones is 1. The Balaban J connectivity index is 1.69.